The first kappa shape index (κ1) is 28.6. The van der Waals surface area contributed by atoms with E-state index in [1.807, 2.05) is 38.1 Å². The van der Waals surface area contributed by atoms with Gasteiger partial charge in [-0.25, -0.2) is 4.79 Å². The lowest BCUT2D eigenvalue weighted by atomic mass is 9.80. The average molecular weight is 538 g/mol. The van der Waals surface area contributed by atoms with Gasteiger partial charge < -0.3 is 25.2 Å². The fourth-order valence-electron chi connectivity index (χ4n) is 5.40. The van der Waals surface area contributed by atoms with Crippen molar-refractivity contribution in [2.45, 2.75) is 70.7 Å². The molecule has 2 aliphatic heterocycles. The summed E-state index contributed by atoms with van der Waals surface area (Å²) in [5.74, 6) is -0.233. The molecule has 2 fully saturated rings. The van der Waals surface area contributed by atoms with Gasteiger partial charge in [0.05, 0.1) is 11.7 Å². The molecule has 1 spiro atoms. The number of hydrogen-bond donors (Lipinski definition) is 3. The fraction of sp³-hybridized carbons (Fsp3) is 0.500. The average Bonchev–Trinajstić information content (AvgIpc) is 2.93. The first-order valence-electron chi connectivity index (χ1n) is 13.8. The van der Waals surface area contributed by atoms with Crippen LogP contribution in [-0.4, -0.2) is 75.1 Å². The molecule has 4 rings (SSSR count). The van der Waals surface area contributed by atoms with Crippen LogP contribution in [0.15, 0.2) is 48.5 Å². The monoisotopic (exact) mass is 537 g/mol. The van der Waals surface area contributed by atoms with Crippen LogP contribution < -0.4 is 10.1 Å². The Bertz CT molecular complexity index is 1160. The van der Waals surface area contributed by atoms with E-state index in [4.69, 9.17) is 9.84 Å². The number of piperidine rings is 1. The number of unbranched alkanes of at least 4 members (excludes halogenated alkanes) is 1. The van der Waals surface area contributed by atoms with Crippen molar-refractivity contribution < 1.29 is 29.3 Å². The largest absolute Gasteiger partial charge is 0.478 e. The summed E-state index contributed by atoms with van der Waals surface area (Å²) in [7, 11) is 0. The minimum Gasteiger partial charge on any atom is -0.478 e. The zero-order valence-electron chi connectivity index (χ0n) is 22.9. The maximum atomic E-state index is 13.5. The summed E-state index contributed by atoms with van der Waals surface area (Å²) in [6.45, 7) is 8.34. The molecule has 0 aliphatic carbocycles. The zero-order valence-corrected chi connectivity index (χ0v) is 22.9. The molecule has 2 aromatic rings. The molecular weight excluding hydrogens is 498 g/mol. The lowest BCUT2D eigenvalue weighted by Crippen LogP contribution is -2.74. The second-order valence-electron chi connectivity index (χ2n) is 10.9. The van der Waals surface area contributed by atoms with Crippen molar-refractivity contribution in [3.8, 4) is 11.5 Å². The van der Waals surface area contributed by atoms with E-state index < -0.39 is 23.7 Å². The van der Waals surface area contributed by atoms with E-state index in [1.54, 1.807) is 17.0 Å². The van der Waals surface area contributed by atoms with E-state index >= 15 is 0 Å². The fourth-order valence-corrected chi connectivity index (χ4v) is 5.40. The van der Waals surface area contributed by atoms with E-state index in [0.717, 1.165) is 18.4 Å². The summed E-state index contributed by atoms with van der Waals surface area (Å²) in [4.78, 5) is 42.0. The molecule has 2 amide bonds. The number of nitrogens with zero attached hydrogens (tertiary/aromatic N) is 2. The number of carboxylic acids is 1. The molecule has 39 heavy (non-hydrogen) atoms. The molecule has 2 heterocycles. The molecule has 3 N–H and O–H groups in total. The number of carbonyl (C=O) groups is 3. The Morgan fingerprint density at radius 2 is 1.64 bits per heavy atom. The van der Waals surface area contributed by atoms with Crippen LogP contribution in [0.4, 0.5) is 0 Å². The molecule has 9 heteroatoms. The third kappa shape index (κ3) is 6.25. The Kier molecular flexibility index (Phi) is 8.92. The molecular formula is C30H39N3O6. The van der Waals surface area contributed by atoms with Crippen LogP contribution in [0.1, 0.15) is 62.4 Å². The van der Waals surface area contributed by atoms with E-state index in [0.29, 0.717) is 50.5 Å². The topological polar surface area (TPSA) is 119 Å². The van der Waals surface area contributed by atoms with Crippen molar-refractivity contribution in [2.24, 2.45) is 5.92 Å². The number of ether oxygens (including phenoxy) is 1. The number of amides is 2. The van der Waals surface area contributed by atoms with E-state index in [-0.39, 0.29) is 23.3 Å². The minimum atomic E-state index is -0.979. The quantitative estimate of drug-likeness (QED) is 0.423. The van der Waals surface area contributed by atoms with Gasteiger partial charge in [-0.05, 0) is 67.1 Å². The van der Waals surface area contributed by atoms with Gasteiger partial charge >= 0.3 is 5.97 Å². The second kappa shape index (κ2) is 12.2. The van der Waals surface area contributed by atoms with Gasteiger partial charge in [0.25, 0.3) is 0 Å². The van der Waals surface area contributed by atoms with Crippen LogP contribution in [0.25, 0.3) is 0 Å². The van der Waals surface area contributed by atoms with Gasteiger partial charge in [-0.2, -0.15) is 0 Å². The van der Waals surface area contributed by atoms with Crippen LogP contribution >= 0.6 is 0 Å². The second-order valence-corrected chi connectivity index (χ2v) is 10.9. The SMILES string of the molecule is CCCCN1C(=O)C(C(O)C(C)C)NC(=O)C12CCN(Cc1ccc(Oc3ccc(C(=O)O)cc3)cc1)CC2. The van der Waals surface area contributed by atoms with Crippen molar-refractivity contribution in [1.29, 1.82) is 0 Å². The van der Waals surface area contributed by atoms with Gasteiger partial charge in [0.2, 0.25) is 11.8 Å². The summed E-state index contributed by atoms with van der Waals surface area (Å²) < 4.78 is 5.83. The third-order valence-corrected chi connectivity index (χ3v) is 7.87. The molecule has 0 saturated carbocycles. The number of hydrogen-bond acceptors (Lipinski definition) is 6. The Morgan fingerprint density at radius 1 is 1.05 bits per heavy atom. The Morgan fingerprint density at radius 3 is 2.18 bits per heavy atom. The molecule has 0 aromatic heterocycles. The van der Waals surface area contributed by atoms with Gasteiger partial charge in [-0.15, -0.1) is 0 Å². The summed E-state index contributed by atoms with van der Waals surface area (Å²) in [6.07, 6.45) is 1.91. The number of carbonyl (C=O) groups excluding carboxylic acids is 2. The maximum absolute atomic E-state index is 13.5. The number of rotatable bonds is 10. The van der Waals surface area contributed by atoms with Gasteiger partial charge in [-0.3, -0.25) is 14.5 Å². The number of piperazine rings is 1. The van der Waals surface area contributed by atoms with Gasteiger partial charge in [-0.1, -0.05) is 39.3 Å². The van der Waals surface area contributed by atoms with Gasteiger partial charge in [0, 0.05) is 26.2 Å². The standard InChI is InChI=1S/C30H39N3O6/c1-4-5-16-33-27(35)25(26(34)20(2)3)31-29(38)30(33)14-17-32(18-15-30)19-21-6-10-23(11-7-21)39-24-12-8-22(9-13-24)28(36)37/h6-13,20,25-26,34H,4-5,14-19H2,1-3H3,(H,31,38)(H,36,37). The maximum Gasteiger partial charge on any atom is 0.335 e. The van der Waals surface area contributed by atoms with Crippen molar-refractivity contribution >= 4 is 17.8 Å². The predicted octanol–water partition coefficient (Wildman–Crippen LogP) is 3.66. The van der Waals surface area contributed by atoms with Crippen LogP contribution in [0.2, 0.25) is 0 Å². The highest BCUT2D eigenvalue weighted by Gasteiger charge is 2.54. The molecule has 0 bridgehead atoms. The van der Waals surface area contributed by atoms with E-state index in [2.05, 4.69) is 17.1 Å². The van der Waals surface area contributed by atoms with Crippen molar-refractivity contribution in [1.82, 2.24) is 15.1 Å². The molecule has 0 radical (unpaired) electrons. The first-order chi connectivity index (χ1) is 18.6. The highest BCUT2D eigenvalue weighted by Crippen LogP contribution is 2.35. The lowest BCUT2D eigenvalue weighted by molar-refractivity contribution is -0.165. The number of carboxylic acid groups (broad SMARTS) is 1. The summed E-state index contributed by atoms with van der Waals surface area (Å²) in [5.41, 5.74) is 0.438. The number of nitrogens with one attached hydrogen (secondary N) is 1. The highest BCUT2D eigenvalue weighted by molar-refractivity contribution is 6.00. The van der Waals surface area contributed by atoms with Gasteiger partial charge in [0.15, 0.2) is 0 Å². The Hall–Kier alpha value is -3.43. The minimum absolute atomic E-state index is 0.141. The van der Waals surface area contributed by atoms with Crippen molar-refractivity contribution in [2.75, 3.05) is 19.6 Å². The van der Waals surface area contributed by atoms with E-state index in [9.17, 15) is 19.5 Å². The van der Waals surface area contributed by atoms with Crippen LogP contribution in [0, 0.1) is 5.92 Å². The summed E-state index contributed by atoms with van der Waals surface area (Å²) in [5, 5.41) is 22.5. The molecule has 210 valence electrons. The molecule has 2 atom stereocenters. The lowest BCUT2D eigenvalue weighted by Gasteiger charge is -2.52. The number of aliphatic hydroxyl groups excluding tert-OH is 1. The number of benzene rings is 2. The summed E-state index contributed by atoms with van der Waals surface area (Å²) >= 11 is 0. The smallest absolute Gasteiger partial charge is 0.335 e. The van der Waals surface area contributed by atoms with Crippen LogP contribution in [0.5, 0.6) is 11.5 Å². The summed E-state index contributed by atoms with van der Waals surface area (Å²) in [6, 6.07) is 13.1. The first-order valence-corrected chi connectivity index (χ1v) is 13.8. The van der Waals surface area contributed by atoms with Gasteiger partial charge in [0.1, 0.15) is 23.1 Å². The number of aromatic carboxylic acids is 1. The molecule has 2 aliphatic rings. The Labute approximate surface area is 229 Å². The molecule has 2 aromatic carbocycles. The zero-order chi connectivity index (χ0) is 28.2. The number of aliphatic hydroxyl groups is 1. The number of likely N-dealkylation sites (tertiary alicyclic amines) is 1. The Balaban J connectivity index is 1.38. The predicted molar refractivity (Wildman–Crippen MR) is 147 cm³/mol. The van der Waals surface area contributed by atoms with Crippen molar-refractivity contribution in [3.05, 3.63) is 59.7 Å². The van der Waals surface area contributed by atoms with Crippen molar-refractivity contribution in [3.63, 3.8) is 0 Å². The van der Waals surface area contributed by atoms with E-state index in [1.165, 1.54) is 12.1 Å². The van der Waals surface area contributed by atoms with Crippen LogP contribution in [-0.2, 0) is 16.1 Å². The molecule has 2 saturated heterocycles. The van der Waals surface area contributed by atoms with Crippen LogP contribution in [0.3, 0.4) is 0 Å². The molecule has 2 unspecified atom stereocenters. The third-order valence-electron chi connectivity index (χ3n) is 7.87. The normalized spacial score (nSPS) is 20.2. The molecule has 9 nitrogen and oxygen atoms in total. The highest BCUT2D eigenvalue weighted by atomic mass is 16.5.